The predicted octanol–water partition coefficient (Wildman–Crippen LogP) is 3.66. The molecule has 31 heavy (non-hydrogen) atoms. The number of ether oxygens (including phenoxy) is 3. The van der Waals surface area contributed by atoms with Crippen molar-refractivity contribution < 1.29 is 33.4 Å². The number of Topliss-reactive ketones (excluding diaryl/α,β-unsaturated/α-hetero) is 2. The van der Waals surface area contributed by atoms with E-state index >= 15 is 0 Å². The third-order valence-corrected chi connectivity index (χ3v) is 6.70. The second-order valence-electron chi connectivity index (χ2n) is 8.97. The van der Waals surface area contributed by atoms with E-state index in [2.05, 4.69) is 0 Å². The summed E-state index contributed by atoms with van der Waals surface area (Å²) < 4.78 is 16.0. The van der Waals surface area contributed by atoms with Crippen LogP contribution >= 0.6 is 0 Å². The summed E-state index contributed by atoms with van der Waals surface area (Å²) in [5.74, 6) is -0.104. The van der Waals surface area contributed by atoms with Gasteiger partial charge in [0.25, 0.3) is 0 Å². The van der Waals surface area contributed by atoms with Gasteiger partial charge in [-0.2, -0.15) is 0 Å². The molecular formula is C24H38O7. The third-order valence-electron chi connectivity index (χ3n) is 6.70. The van der Waals surface area contributed by atoms with Crippen LogP contribution in [0.2, 0.25) is 0 Å². The SMILES string of the molecule is CC(=O)C1CCCC(C(=O)OCCOCCOC(=O)C2CCCC(C(C)=O)CC2)CC1. The van der Waals surface area contributed by atoms with Crippen molar-refractivity contribution in [3.05, 3.63) is 0 Å². The maximum atomic E-state index is 12.2. The standard InChI is InChI=1S/C24H38O7/c1-17(25)19-5-3-7-21(11-9-19)23(27)30-15-13-29-14-16-31-24(28)22-8-4-6-20(10-12-22)18(2)26/h19-22H,3-16H2,1-2H3. The molecule has 0 radical (unpaired) electrons. The van der Waals surface area contributed by atoms with Crippen LogP contribution in [0.3, 0.4) is 0 Å². The van der Waals surface area contributed by atoms with Crippen LogP contribution < -0.4 is 0 Å². The lowest BCUT2D eigenvalue weighted by molar-refractivity contribution is -0.152. The van der Waals surface area contributed by atoms with E-state index in [-0.39, 0.29) is 73.6 Å². The molecule has 176 valence electrons. The Morgan fingerprint density at radius 3 is 1.29 bits per heavy atom. The maximum absolute atomic E-state index is 12.2. The van der Waals surface area contributed by atoms with Gasteiger partial charge < -0.3 is 14.2 Å². The summed E-state index contributed by atoms with van der Waals surface area (Å²) >= 11 is 0. The molecule has 0 amide bonds. The molecule has 0 saturated heterocycles. The first-order valence-electron chi connectivity index (χ1n) is 11.8. The fourth-order valence-corrected chi connectivity index (χ4v) is 4.63. The molecule has 2 fully saturated rings. The fourth-order valence-electron chi connectivity index (χ4n) is 4.63. The molecule has 0 spiro atoms. The molecule has 7 heteroatoms. The van der Waals surface area contributed by atoms with Crippen molar-refractivity contribution >= 4 is 23.5 Å². The van der Waals surface area contributed by atoms with Gasteiger partial charge in [0.2, 0.25) is 0 Å². The lowest BCUT2D eigenvalue weighted by Crippen LogP contribution is -2.22. The highest BCUT2D eigenvalue weighted by atomic mass is 16.6. The van der Waals surface area contributed by atoms with Gasteiger partial charge in [0.05, 0.1) is 25.0 Å². The number of hydrogen-bond donors (Lipinski definition) is 0. The molecule has 0 aliphatic heterocycles. The minimum atomic E-state index is -0.212. The normalized spacial score (nSPS) is 26.9. The number of rotatable bonds is 10. The van der Waals surface area contributed by atoms with Crippen molar-refractivity contribution in [2.75, 3.05) is 26.4 Å². The minimum absolute atomic E-state index is 0.0809. The Bertz CT molecular complexity index is 563. The van der Waals surface area contributed by atoms with E-state index in [0.29, 0.717) is 12.8 Å². The molecule has 0 heterocycles. The van der Waals surface area contributed by atoms with Gasteiger partial charge >= 0.3 is 11.9 Å². The van der Waals surface area contributed by atoms with Crippen LogP contribution in [0.25, 0.3) is 0 Å². The molecule has 0 bridgehead atoms. The molecule has 0 aromatic heterocycles. The highest BCUT2D eigenvalue weighted by Gasteiger charge is 2.28. The average Bonchev–Trinajstić information content (AvgIpc) is 3.14. The van der Waals surface area contributed by atoms with Crippen molar-refractivity contribution in [3.63, 3.8) is 0 Å². The second-order valence-corrected chi connectivity index (χ2v) is 8.97. The molecule has 0 aromatic carbocycles. The molecule has 4 atom stereocenters. The second kappa shape index (κ2) is 13.6. The van der Waals surface area contributed by atoms with E-state index in [0.717, 1.165) is 51.4 Å². The van der Waals surface area contributed by atoms with E-state index in [1.165, 1.54) is 0 Å². The van der Waals surface area contributed by atoms with Crippen LogP contribution in [0.5, 0.6) is 0 Å². The van der Waals surface area contributed by atoms with Crippen molar-refractivity contribution in [2.24, 2.45) is 23.7 Å². The predicted molar refractivity (Wildman–Crippen MR) is 114 cm³/mol. The monoisotopic (exact) mass is 438 g/mol. The first-order chi connectivity index (χ1) is 14.9. The molecule has 0 aromatic rings. The molecule has 2 aliphatic carbocycles. The Balaban J connectivity index is 1.52. The van der Waals surface area contributed by atoms with Gasteiger partial charge in [-0.15, -0.1) is 0 Å². The molecular weight excluding hydrogens is 400 g/mol. The van der Waals surface area contributed by atoms with Crippen molar-refractivity contribution in [3.8, 4) is 0 Å². The Morgan fingerprint density at radius 1 is 0.548 bits per heavy atom. The van der Waals surface area contributed by atoms with Crippen LogP contribution in [0, 0.1) is 23.7 Å². The molecule has 2 aliphatic rings. The fraction of sp³-hybridized carbons (Fsp3) is 0.833. The first kappa shape index (κ1) is 25.5. The summed E-state index contributed by atoms with van der Waals surface area (Å²) in [4.78, 5) is 47.5. The van der Waals surface area contributed by atoms with Gasteiger partial charge in [0.1, 0.15) is 24.8 Å². The Hall–Kier alpha value is -1.76. The van der Waals surface area contributed by atoms with E-state index in [4.69, 9.17) is 14.2 Å². The minimum Gasteiger partial charge on any atom is -0.463 e. The third kappa shape index (κ3) is 9.09. The van der Waals surface area contributed by atoms with Crippen molar-refractivity contribution in [2.45, 2.75) is 78.1 Å². The summed E-state index contributed by atoms with van der Waals surface area (Å²) in [5, 5.41) is 0. The van der Waals surface area contributed by atoms with E-state index in [9.17, 15) is 19.2 Å². The van der Waals surface area contributed by atoms with E-state index < -0.39 is 0 Å². The Morgan fingerprint density at radius 2 is 0.903 bits per heavy atom. The zero-order valence-electron chi connectivity index (χ0n) is 19.1. The number of hydrogen-bond acceptors (Lipinski definition) is 7. The summed E-state index contributed by atoms with van der Waals surface area (Å²) in [5.41, 5.74) is 0. The smallest absolute Gasteiger partial charge is 0.309 e. The molecule has 2 rings (SSSR count). The lowest BCUT2D eigenvalue weighted by atomic mass is 9.95. The molecule has 2 saturated carbocycles. The largest absolute Gasteiger partial charge is 0.463 e. The van der Waals surface area contributed by atoms with Gasteiger partial charge in [-0.05, 0) is 65.2 Å². The molecule has 7 nitrogen and oxygen atoms in total. The van der Waals surface area contributed by atoms with Crippen molar-refractivity contribution in [1.29, 1.82) is 0 Å². The summed E-state index contributed by atoms with van der Waals surface area (Å²) in [7, 11) is 0. The first-order valence-corrected chi connectivity index (χ1v) is 11.8. The van der Waals surface area contributed by atoms with Gasteiger partial charge in [-0.1, -0.05) is 12.8 Å². The van der Waals surface area contributed by atoms with Crippen LogP contribution in [0.1, 0.15) is 78.1 Å². The summed E-state index contributed by atoms with van der Waals surface area (Å²) in [6.07, 6.45) is 7.94. The maximum Gasteiger partial charge on any atom is 0.309 e. The van der Waals surface area contributed by atoms with Crippen LogP contribution in [-0.4, -0.2) is 49.9 Å². The number of carbonyl (C=O) groups is 4. The van der Waals surface area contributed by atoms with Crippen LogP contribution in [-0.2, 0) is 33.4 Å². The summed E-state index contributed by atoms with van der Waals surface area (Å²) in [6.45, 7) is 4.12. The van der Waals surface area contributed by atoms with Crippen LogP contribution in [0.15, 0.2) is 0 Å². The summed E-state index contributed by atoms with van der Waals surface area (Å²) in [6, 6.07) is 0. The number of carbonyl (C=O) groups excluding carboxylic acids is 4. The lowest BCUT2D eigenvalue weighted by Gasteiger charge is -2.15. The highest BCUT2D eigenvalue weighted by Crippen LogP contribution is 2.29. The van der Waals surface area contributed by atoms with Gasteiger partial charge in [-0.3, -0.25) is 19.2 Å². The number of ketones is 2. The highest BCUT2D eigenvalue weighted by molar-refractivity contribution is 5.79. The Kier molecular flexibility index (Phi) is 11.2. The number of esters is 2. The quantitative estimate of drug-likeness (QED) is 0.292. The van der Waals surface area contributed by atoms with Gasteiger partial charge in [-0.25, -0.2) is 0 Å². The Labute approximate surface area is 185 Å². The average molecular weight is 439 g/mol. The van der Waals surface area contributed by atoms with Crippen molar-refractivity contribution in [1.82, 2.24) is 0 Å². The zero-order chi connectivity index (χ0) is 22.6. The van der Waals surface area contributed by atoms with Gasteiger partial charge in [0, 0.05) is 11.8 Å². The molecule has 4 unspecified atom stereocenters. The van der Waals surface area contributed by atoms with Crippen LogP contribution in [0.4, 0.5) is 0 Å². The molecule has 0 N–H and O–H groups in total. The van der Waals surface area contributed by atoms with E-state index in [1.54, 1.807) is 13.8 Å². The zero-order valence-corrected chi connectivity index (χ0v) is 19.1. The topological polar surface area (TPSA) is 96.0 Å². The van der Waals surface area contributed by atoms with E-state index in [1.807, 2.05) is 0 Å². The van der Waals surface area contributed by atoms with Gasteiger partial charge in [0.15, 0.2) is 0 Å².